The molecule has 0 aliphatic carbocycles. The van der Waals surface area contributed by atoms with E-state index in [1.807, 2.05) is 41.4 Å². The van der Waals surface area contributed by atoms with Crippen LogP contribution in [0.25, 0.3) is 0 Å². The normalized spacial score (nSPS) is 12.3. The van der Waals surface area contributed by atoms with Crippen LogP contribution in [0.4, 0.5) is 0 Å². The van der Waals surface area contributed by atoms with Gasteiger partial charge in [-0.15, -0.1) is 11.3 Å². The first-order valence-electron chi connectivity index (χ1n) is 8.11. The largest absolute Gasteiger partial charge is 0.347 e. The summed E-state index contributed by atoms with van der Waals surface area (Å²) in [4.78, 5) is 13.8. The summed E-state index contributed by atoms with van der Waals surface area (Å²) in [6.07, 6.45) is 1.88. The van der Waals surface area contributed by atoms with E-state index in [-0.39, 0.29) is 11.9 Å². The van der Waals surface area contributed by atoms with Gasteiger partial charge in [-0.2, -0.15) is 0 Å². The zero-order chi connectivity index (χ0) is 17.1. The van der Waals surface area contributed by atoms with Gasteiger partial charge in [0.1, 0.15) is 5.69 Å². The highest BCUT2D eigenvalue weighted by Crippen LogP contribution is 2.27. The Morgan fingerprint density at radius 1 is 1.04 bits per heavy atom. The van der Waals surface area contributed by atoms with Crippen molar-refractivity contribution in [1.82, 2.24) is 9.88 Å². The summed E-state index contributed by atoms with van der Waals surface area (Å²) in [6, 6.07) is 16.2. The van der Waals surface area contributed by atoms with Crippen molar-refractivity contribution in [1.29, 1.82) is 0 Å². The number of nitrogens with zero attached hydrogens (tertiary/aromatic N) is 1. The van der Waals surface area contributed by atoms with Crippen LogP contribution >= 0.6 is 11.3 Å². The molecule has 0 spiro atoms. The first-order chi connectivity index (χ1) is 11.6. The van der Waals surface area contributed by atoms with Gasteiger partial charge in [-0.1, -0.05) is 44.2 Å². The van der Waals surface area contributed by atoms with Crippen molar-refractivity contribution < 1.29 is 4.79 Å². The smallest absolute Gasteiger partial charge is 0.268 e. The Morgan fingerprint density at radius 2 is 1.75 bits per heavy atom. The maximum atomic E-state index is 12.7. The van der Waals surface area contributed by atoms with Gasteiger partial charge in [0.15, 0.2) is 0 Å². The number of benzene rings is 1. The van der Waals surface area contributed by atoms with Crippen molar-refractivity contribution in [3.8, 4) is 0 Å². The van der Waals surface area contributed by atoms with Crippen molar-refractivity contribution in [2.24, 2.45) is 7.05 Å². The lowest BCUT2D eigenvalue weighted by Gasteiger charge is -2.19. The summed E-state index contributed by atoms with van der Waals surface area (Å²) in [5.74, 6) is 0.436. The number of thiophene rings is 1. The molecule has 4 heteroatoms. The van der Waals surface area contributed by atoms with Crippen LogP contribution in [-0.4, -0.2) is 10.5 Å². The average Bonchev–Trinajstić information content (AvgIpc) is 3.24. The fourth-order valence-electron chi connectivity index (χ4n) is 2.75. The molecule has 1 N–H and O–H groups in total. The molecule has 2 heterocycles. The summed E-state index contributed by atoms with van der Waals surface area (Å²) in [6.45, 7) is 4.37. The summed E-state index contributed by atoms with van der Waals surface area (Å²) in [5.41, 5.74) is 3.07. The van der Waals surface area contributed by atoms with Gasteiger partial charge in [-0.3, -0.25) is 4.79 Å². The maximum Gasteiger partial charge on any atom is 0.268 e. The van der Waals surface area contributed by atoms with E-state index in [0.29, 0.717) is 11.6 Å². The fraction of sp³-hybridized carbons (Fsp3) is 0.250. The molecule has 1 unspecified atom stereocenters. The predicted molar refractivity (Wildman–Crippen MR) is 99.6 cm³/mol. The van der Waals surface area contributed by atoms with E-state index < -0.39 is 0 Å². The number of rotatable bonds is 5. The summed E-state index contributed by atoms with van der Waals surface area (Å²) >= 11 is 1.66. The molecule has 0 saturated heterocycles. The molecule has 0 fully saturated rings. The number of aromatic nitrogens is 1. The van der Waals surface area contributed by atoms with Crippen molar-refractivity contribution in [2.45, 2.75) is 25.8 Å². The highest BCUT2D eigenvalue weighted by atomic mass is 32.1. The minimum absolute atomic E-state index is 0.0613. The van der Waals surface area contributed by atoms with Crippen molar-refractivity contribution in [3.63, 3.8) is 0 Å². The highest BCUT2D eigenvalue weighted by Gasteiger charge is 2.20. The molecule has 3 rings (SSSR count). The summed E-state index contributed by atoms with van der Waals surface area (Å²) < 4.78 is 1.84. The van der Waals surface area contributed by atoms with Crippen LogP contribution in [-0.2, 0) is 7.05 Å². The van der Waals surface area contributed by atoms with Crippen LogP contribution in [0.2, 0.25) is 0 Å². The van der Waals surface area contributed by atoms with E-state index in [2.05, 4.69) is 49.5 Å². The minimum atomic E-state index is -0.131. The second-order valence-electron chi connectivity index (χ2n) is 6.25. The summed E-state index contributed by atoms with van der Waals surface area (Å²) in [7, 11) is 1.88. The predicted octanol–water partition coefficient (Wildman–Crippen LogP) is 4.73. The molecule has 0 saturated carbocycles. The van der Waals surface area contributed by atoms with E-state index in [1.165, 1.54) is 5.56 Å². The zero-order valence-corrected chi connectivity index (χ0v) is 15.0. The Balaban J connectivity index is 1.90. The lowest BCUT2D eigenvalue weighted by molar-refractivity contribution is 0.0935. The number of nitrogens with one attached hydrogen (secondary N) is 1. The van der Waals surface area contributed by atoms with Crippen LogP contribution in [0.1, 0.15) is 52.3 Å². The Bertz CT molecular complexity index is 801. The van der Waals surface area contributed by atoms with Crippen LogP contribution in [0, 0.1) is 0 Å². The topological polar surface area (TPSA) is 34.0 Å². The minimum Gasteiger partial charge on any atom is -0.347 e. The highest BCUT2D eigenvalue weighted by molar-refractivity contribution is 7.10. The standard InChI is InChI=1S/C20H22N2OS/c1-14(2)15-8-10-16(11-9-15)19(18-7-5-13-24-18)21-20(23)17-6-4-12-22(17)3/h4-14,19H,1-3H3,(H,21,23). The van der Waals surface area contributed by atoms with E-state index >= 15 is 0 Å². The van der Waals surface area contributed by atoms with Gasteiger partial charge in [0.05, 0.1) is 6.04 Å². The molecule has 0 aliphatic rings. The Morgan fingerprint density at radius 3 is 2.29 bits per heavy atom. The molecule has 2 aromatic heterocycles. The quantitative estimate of drug-likeness (QED) is 0.717. The van der Waals surface area contributed by atoms with Crippen LogP contribution < -0.4 is 5.32 Å². The first kappa shape index (κ1) is 16.5. The van der Waals surface area contributed by atoms with Crippen LogP contribution in [0.5, 0.6) is 0 Å². The van der Waals surface area contributed by atoms with Gasteiger partial charge < -0.3 is 9.88 Å². The first-order valence-corrected chi connectivity index (χ1v) is 8.99. The second-order valence-corrected chi connectivity index (χ2v) is 7.23. The molecule has 1 atom stereocenters. The average molecular weight is 338 g/mol. The van der Waals surface area contributed by atoms with Gasteiger partial charge in [-0.05, 0) is 40.6 Å². The van der Waals surface area contributed by atoms with Crippen molar-refractivity contribution >= 4 is 17.2 Å². The molecule has 1 aromatic carbocycles. The third-order valence-electron chi connectivity index (χ3n) is 4.22. The molecular formula is C20H22N2OS. The van der Waals surface area contributed by atoms with Crippen LogP contribution in [0.3, 0.4) is 0 Å². The molecule has 3 aromatic rings. The Kier molecular flexibility index (Phi) is 4.86. The molecule has 124 valence electrons. The van der Waals surface area contributed by atoms with E-state index in [1.54, 1.807) is 11.3 Å². The number of hydrogen-bond donors (Lipinski definition) is 1. The molecule has 0 aliphatic heterocycles. The van der Waals surface area contributed by atoms with Crippen molar-refractivity contribution in [3.05, 3.63) is 81.8 Å². The second kappa shape index (κ2) is 7.05. The van der Waals surface area contributed by atoms with Gasteiger partial charge >= 0.3 is 0 Å². The number of hydrogen-bond acceptors (Lipinski definition) is 2. The number of aryl methyl sites for hydroxylation is 1. The SMILES string of the molecule is CC(C)c1ccc(C(NC(=O)c2cccn2C)c2cccs2)cc1. The molecule has 0 radical (unpaired) electrons. The van der Waals surface area contributed by atoms with E-state index in [4.69, 9.17) is 0 Å². The van der Waals surface area contributed by atoms with Gasteiger partial charge in [0.2, 0.25) is 0 Å². The molecule has 3 nitrogen and oxygen atoms in total. The van der Waals surface area contributed by atoms with E-state index in [0.717, 1.165) is 10.4 Å². The summed E-state index contributed by atoms with van der Waals surface area (Å²) in [5, 5.41) is 5.22. The Hall–Kier alpha value is -2.33. The van der Waals surface area contributed by atoms with Gasteiger partial charge in [0, 0.05) is 18.1 Å². The third-order valence-corrected chi connectivity index (χ3v) is 5.15. The van der Waals surface area contributed by atoms with Crippen molar-refractivity contribution in [2.75, 3.05) is 0 Å². The van der Waals surface area contributed by atoms with Gasteiger partial charge in [0.25, 0.3) is 5.91 Å². The molecule has 0 bridgehead atoms. The van der Waals surface area contributed by atoms with Gasteiger partial charge in [-0.25, -0.2) is 0 Å². The Labute approximate surface area is 147 Å². The number of carbonyl (C=O) groups is 1. The third kappa shape index (κ3) is 3.44. The zero-order valence-electron chi connectivity index (χ0n) is 14.2. The van der Waals surface area contributed by atoms with E-state index in [9.17, 15) is 4.79 Å². The monoisotopic (exact) mass is 338 g/mol. The molecule has 1 amide bonds. The molecule has 24 heavy (non-hydrogen) atoms. The lowest BCUT2D eigenvalue weighted by Crippen LogP contribution is -2.30. The number of carbonyl (C=O) groups excluding carboxylic acids is 1. The molecular weight excluding hydrogens is 316 g/mol. The fourth-order valence-corrected chi connectivity index (χ4v) is 3.55. The number of amides is 1. The lowest BCUT2D eigenvalue weighted by atomic mass is 9.98. The van der Waals surface area contributed by atoms with Crippen LogP contribution in [0.15, 0.2) is 60.1 Å². The maximum absolute atomic E-state index is 12.7.